The highest BCUT2D eigenvalue weighted by Gasteiger charge is 2.35. The van der Waals surface area contributed by atoms with Crippen LogP contribution in [0.15, 0.2) is 0 Å². The van der Waals surface area contributed by atoms with Crippen molar-refractivity contribution in [3.63, 3.8) is 0 Å². The molecule has 6 nitrogen and oxygen atoms in total. The van der Waals surface area contributed by atoms with Crippen LogP contribution in [-0.2, 0) is 14.3 Å². The summed E-state index contributed by atoms with van der Waals surface area (Å²) in [4.78, 5) is 14.8. The number of likely N-dealkylation sites (tertiary alicyclic amines) is 1. The first-order valence-corrected chi connectivity index (χ1v) is 8.14. The summed E-state index contributed by atoms with van der Waals surface area (Å²) >= 11 is 0. The fourth-order valence-corrected chi connectivity index (χ4v) is 3.25. The molecule has 0 aromatic rings. The minimum atomic E-state index is 0.0621. The average Bonchev–Trinajstić information content (AvgIpc) is 3.01. The summed E-state index contributed by atoms with van der Waals surface area (Å²) < 4.78 is 10.3. The van der Waals surface area contributed by atoms with Crippen LogP contribution in [0, 0.1) is 0 Å². The van der Waals surface area contributed by atoms with E-state index in [1.54, 1.807) is 7.11 Å². The third kappa shape index (κ3) is 5.21. The van der Waals surface area contributed by atoms with Crippen molar-refractivity contribution in [2.45, 2.75) is 37.8 Å². The molecule has 6 heteroatoms. The van der Waals surface area contributed by atoms with E-state index in [2.05, 4.69) is 15.5 Å². The first-order valence-electron chi connectivity index (χ1n) is 8.14. The van der Waals surface area contributed by atoms with Gasteiger partial charge in [-0.05, 0) is 45.3 Å². The Morgan fingerprint density at radius 2 is 2.05 bits per heavy atom. The van der Waals surface area contributed by atoms with E-state index in [1.807, 2.05) is 0 Å². The zero-order chi connectivity index (χ0) is 14.9. The molecule has 0 aromatic carbocycles. The zero-order valence-corrected chi connectivity index (χ0v) is 13.1. The van der Waals surface area contributed by atoms with Crippen molar-refractivity contribution >= 4 is 5.91 Å². The van der Waals surface area contributed by atoms with E-state index >= 15 is 0 Å². The van der Waals surface area contributed by atoms with Gasteiger partial charge in [0.2, 0.25) is 5.91 Å². The molecule has 2 aliphatic heterocycles. The Kier molecular flexibility index (Phi) is 7.43. The predicted octanol–water partition coefficient (Wildman–Crippen LogP) is -0.0180. The number of carbonyl (C=O) groups is 1. The smallest absolute Gasteiger partial charge is 0.237 e. The fraction of sp³-hybridized carbons (Fsp3) is 0.933. The molecule has 1 atom stereocenters. The molecule has 0 aromatic heterocycles. The minimum Gasteiger partial charge on any atom is -0.382 e. The van der Waals surface area contributed by atoms with Crippen molar-refractivity contribution < 1.29 is 14.3 Å². The summed E-state index contributed by atoms with van der Waals surface area (Å²) in [5, 5.41) is 6.40. The highest BCUT2D eigenvalue weighted by molar-refractivity contribution is 5.82. The van der Waals surface area contributed by atoms with Gasteiger partial charge in [0.25, 0.3) is 0 Å². The van der Waals surface area contributed by atoms with Crippen molar-refractivity contribution in [3.8, 4) is 0 Å². The second-order valence-electron chi connectivity index (χ2n) is 5.77. The summed E-state index contributed by atoms with van der Waals surface area (Å²) in [6.45, 7) is 5.52. The lowest BCUT2D eigenvalue weighted by Gasteiger charge is -2.35. The number of carbonyl (C=O) groups excluding carboxylic acids is 1. The number of hydrogen-bond donors (Lipinski definition) is 2. The van der Waals surface area contributed by atoms with Gasteiger partial charge in [-0.1, -0.05) is 0 Å². The highest BCUT2D eigenvalue weighted by Crippen LogP contribution is 2.24. The summed E-state index contributed by atoms with van der Waals surface area (Å²) in [6.07, 6.45) is 4.43. The van der Waals surface area contributed by atoms with Crippen LogP contribution < -0.4 is 10.6 Å². The maximum atomic E-state index is 12.3. The van der Waals surface area contributed by atoms with Crippen LogP contribution in [-0.4, -0.2) is 76.0 Å². The molecule has 2 N–H and O–H groups in total. The monoisotopic (exact) mass is 299 g/mol. The summed E-state index contributed by atoms with van der Waals surface area (Å²) in [6, 6.07) is 0.634. The molecular weight excluding hydrogens is 270 g/mol. The molecule has 1 amide bonds. The number of piperidine rings is 1. The van der Waals surface area contributed by atoms with Crippen molar-refractivity contribution in [1.82, 2.24) is 15.5 Å². The minimum absolute atomic E-state index is 0.0621. The maximum absolute atomic E-state index is 12.3. The van der Waals surface area contributed by atoms with E-state index in [1.165, 1.54) is 0 Å². The van der Waals surface area contributed by atoms with Crippen LogP contribution in [0.4, 0.5) is 0 Å². The van der Waals surface area contributed by atoms with E-state index in [0.717, 1.165) is 45.3 Å². The molecular formula is C15H29N3O3. The summed E-state index contributed by atoms with van der Waals surface area (Å²) in [5.41, 5.74) is 0. The maximum Gasteiger partial charge on any atom is 0.237 e. The molecule has 0 bridgehead atoms. The number of amides is 1. The Bertz CT molecular complexity index is 309. The second kappa shape index (κ2) is 9.35. The molecule has 2 rings (SSSR count). The fourth-order valence-electron chi connectivity index (χ4n) is 3.25. The summed E-state index contributed by atoms with van der Waals surface area (Å²) in [5.74, 6) is 0.168. The number of rotatable bonds is 8. The topological polar surface area (TPSA) is 62.8 Å². The van der Waals surface area contributed by atoms with Gasteiger partial charge in [-0.25, -0.2) is 0 Å². The first-order chi connectivity index (χ1) is 10.3. The zero-order valence-electron chi connectivity index (χ0n) is 13.1. The summed E-state index contributed by atoms with van der Waals surface area (Å²) in [7, 11) is 1.65. The molecule has 2 heterocycles. The molecule has 2 aliphatic rings. The van der Waals surface area contributed by atoms with Crippen LogP contribution in [0.5, 0.6) is 0 Å². The van der Waals surface area contributed by atoms with Crippen molar-refractivity contribution in [2.24, 2.45) is 0 Å². The van der Waals surface area contributed by atoms with Gasteiger partial charge in [-0.2, -0.15) is 0 Å². The highest BCUT2D eigenvalue weighted by atomic mass is 16.5. The Balaban J connectivity index is 1.68. The number of ether oxygens (including phenoxy) is 2. The Labute approximate surface area is 127 Å². The van der Waals surface area contributed by atoms with Gasteiger partial charge in [0.05, 0.1) is 25.9 Å². The van der Waals surface area contributed by atoms with Gasteiger partial charge < -0.3 is 20.1 Å². The number of nitrogens with one attached hydrogen (secondary N) is 2. The van der Waals surface area contributed by atoms with Crippen LogP contribution >= 0.6 is 0 Å². The average molecular weight is 299 g/mol. The van der Waals surface area contributed by atoms with Gasteiger partial charge in [-0.3, -0.25) is 9.69 Å². The molecule has 21 heavy (non-hydrogen) atoms. The van der Waals surface area contributed by atoms with E-state index in [0.29, 0.717) is 32.4 Å². The van der Waals surface area contributed by atoms with Crippen LogP contribution in [0.1, 0.15) is 25.7 Å². The third-order valence-corrected chi connectivity index (χ3v) is 4.35. The largest absolute Gasteiger partial charge is 0.382 e. The Morgan fingerprint density at radius 3 is 2.81 bits per heavy atom. The quantitative estimate of drug-likeness (QED) is 0.617. The second-order valence-corrected chi connectivity index (χ2v) is 5.77. The van der Waals surface area contributed by atoms with Gasteiger partial charge in [0.15, 0.2) is 0 Å². The van der Waals surface area contributed by atoms with Gasteiger partial charge in [-0.15, -0.1) is 0 Å². The molecule has 0 radical (unpaired) electrons. The number of nitrogens with zero attached hydrogens (tertiary/aromatic N) is 1. The Hall–Kier alpha value is -0.690. The van der Waals surface area contributed by atoms with Crippen molar-refractivity contribution in [1.29, 1.82) is 0 Å². The molecule has 0 spiro atoms. The van der Waals surface area contributed by atoms with Crippen LogP contribution in [0.3, 0.4) is 0 Å². The SMILES string of the molecule is COCCOCCNC(=O)C1CCCN1C1CCNCC1. The van der Waals surface area contributed by atoms with Crippen molar-refractivity contribution in [2.75, 3.05) is 53.1 Å². The van der Waals surface area contributed by atoms with E-state index in [-0.39, 0.29) is 11.9 Å². The molecule has 0 aliphatic carbocycles. The lowest BCUT2D eigenvalue weighted by Crippen LogP contribution is -2.51. The van der Waals surface area contributed by atoms with Gasteiger partial charge in [0, 0.05) is 19.7 Å². The predicted molar refractivity (Wildman–Crippen MR) is 81.3 cm³/mol. The van der Waals surface area contributed by atoms with E-state index < -0.39 is 0 Å². The first kappa shape index (κ1) is 16.7. The molecule has 1 unspecified atom stereocenters. The van der Waals surface area contributed by atoms with E-state index in [9.17, 15) is 4.79 Å². The third-order valence-electron chi connectivity index (χ3n) is 4.35. The molecule has 2 fully saturated rings. The number of hydrogen-bond acceptors (Lipinski definition) is 5. The lowest BCUT2D eigenvalue weighted by atomic mass is 10.0. The van der Waals surface area contributed by atoms with Gasteiger partial charge in [0.1, 0.15) is 0 Å². The van der Waals surface area contributed by atoms with Crippen LogP contribution in [0.2, 0.25) is 0 Å². The Morgan fingerprint density at radius 1 is 1.24 bits per heavy atom. The van der Waals surface area contributed by atoms with Gasteiger partial charge >= 0.3 is 0 Å². The normalized spacial score (nSPS) is 24.3. The molecule has 2 saturated heterocycles. The lowest BCUT2D eigenvalue weighted by molar-refractivity contribution is -0.126. The van der Waals surface area contributed by atoms with Crippen molar-refractivity contribution in [3.05, 3.63) is 0 Å². The standard InChI is InChI=1S/C15H29N3O3/c1-20-11-12-21-10-8-17-15(19)14-3-2-9-18(14)13-4-6-16-7-5-13/h13-14,16H,2-12H2,1H3,(H,17,19). The van der Waals surface area contributed by atoms with Crippen LogP contribution in [0.25, 0.3) is 0 Å². The molecule has 122 valence electrons. The van der Waals surface area contributed by atoms with E-state index in [4.69, 9.17) is 9.47 Å². The molecule has 0 saturated carbocycles. The number of methoxy groups -OCH3 is 1.